The highest BCUT2D eigenvalue weighted by atomic mass is 19.1. The molecule has 0 fully saturated rings. The Labute approximate surface area is 126 Å². The lowest BCUT2D eigenvalue weighted by atomic mass is 9.91. The molecule has 2 aromatic carbocycles. The van der Waals surface area contributed by atoms with E-state index in [9.17, 15) is 4.39 Å². The number of aryl methyl sites for hydroxylation is 1. The van der Waals surface area contributed by atoms with Gasteiger partial charge in [0.05, 0.1) is 18.7 Å². The molecule has 0 saturated carbocycles. The van der Waals surface area contributed by atoms with Crippen LogP contribution < -0.4 is 10.1 Å². The number of rotatable bonds is 5. The first kappa shape index (κ1) is 15.5. The van der Waals surface area contributed by atoms with Crippen molar-refractivity contribution in [2.75, 3.05) is 13.7 Å². The largest absolute Gasteiger partial charge is 0.496 e. The molecule has 112 valence electrons. The van der Waals surface area contributed by atoms with Crippen molar-refractivity contribution in [1.29, 1.82) is 0 Å². The lowest BCUT2D eigenvalue weighted by Gasteiger charge is -2.24. The predicted molar refractivity (Wildman–Crippen MR) is 84.4 cm³/mol. The molecule has 1 N–H and O–H groups in total. The topological polar surface area (TPSA) is 21.3 Å². The Morgan fingerprint density at radius 3 is 2.52 bits per heavy atom. The molecule has 0 spiro atoms. The Hall–Kier alpha value is -1.87. The van der Waals surface area contributed by atoms with Crippen LogP contribution in [0.3, 0.4) is 0 Å². The lowest BCUT2D eigenvalue weighted by Crippen LogP contribution is -2.24. The maximum Gasteiger partial charge on any atom is 0.132 e. The van der Waals surface area contributed by atoms with Crippen molar-refractivity contribution >= 4 is 0 Å². The second-order valence-corrected chi connectivity index (χ2v) is 5.14. The molecule has 0 aliphatic rings. The summed E-state index contributed by atoms with van der Waals surface area (Å²) in [4.78, 5) is 0. The smallest absolute Gasteiger partial charge is 0.132 e. The minimum atomic E-state index is -0.249. The summed E-state index contributed by atoms with van der Waals surface area (Å²) in [6, 6.07) is 10.9. The van der Waals surface area contributed by atoms with Gasteiger partial charge in [-0.2, -0.15) is 0 Å². The van der Waals surface area contributed by atoms with E-state index in [1.165, 1.54) is 17.2 Å². The molecule has 1 atom stereocenters. The molecule has 1 unspecified atom stereocenters. The van der Waals surface area contributed by atoms with Gasteiger partial charge in [0.2, 0.25) is 0 Å². The van der Waals surface area contributed by atoms with Gasteiger partial charge in [-0.25, -0.2) is 4.39 Å². The number of methoxy groups -OCH3 is 1. The average Bonchev–Trinajstić information content (AvgIpc) is 2.48. The van der Waals surface area contributed by atoms with Gasteiger partial charge in [0.1, 0.15) is 11.6 Å². The maximum atomic E-state index is 14.4. The first-order valence-electron chi connectivity index (χ1n) is 7.22. The first-order valence-corrected chi connectivity index (χ1v) is 7.22. The third-order valence-corrected chi connectivity index (χ3v) is 3.89. The Kier molecular flexibility index (Phi) is 4.97. The molecule has 2 rings (SSSR count). The highest BCUT2D eigenvalue weighted by Gasteiger charge is 2.23. The number of ether oxygens (including phenoxy) is 1. The SMILES string of the molecule is CCNC(c1cccc(C)c1C)c1c(F)cccc1OC. The zero-order chi connectivity index (χ0) is 15.4. The summed E-state index contributed by atoms with van der Waals surface area (Å²) in [5.74, 6) is 0.322. The molecule has 0 aromatic heterocycles. The molecule has 0 saturated heterocycles. The summed E-state index contributed by atoms with van der Waals surface area (Å²) in [5.41, 5.74) is 4.02. The minimum absolute atomic E-state index is 0.217. The number of benzene rings is 2. The molecule has 0 heterocycles. The summed E-state index contributed by atoms with van der Waals surface area (Å²) >= 11 is 0. The quantitative estimate of drug-likeness (QED) is 0.892. The molecule has 0 aliphatic heterocycles. The van der Waals surface area contributed by atoms with Gasteiger partial charge in [0.15, 0.2) is 0 Å². The van der Waals surface area contributed by atoms with Crippen molar-refractivity contribution in [2.24, 2.45) is 0 Å². The fourth-order valence-corrected chi connectivity index (χ4v) is 2.63. The van der Waals surface area contributed by atoms with Crippen LogP contribution in [0.15, 0.2) is 36.4 Å². The fraction of sp³-hybridized carbons (Fsp3) is 0.333. The second kappa shape index (κ2) is 6.72. The van der Waals surface area contributed by atoms with Crippen molar-refractivity contribution in [3.63, 3.8) is 0 Å². The van der Waals surface area contributed by atoms with Gasteiger partial charge in [-0.3, -0.25) is 0 Å². The first-order chi connectivity index (χ1) is 10.1. The number of nitrogens with one attached hydrogen (secondary N) is 1. The molecule has 0 bridgehead atoms. The Morgan fingerprint density at radius 2 is 1.86 bits per heavy atom. The Morgan fingerprint density at radius 1 is 1.14 bits per heavy atom. The molecular formula is C18H22FNO. The van der Waals surface area contributed by atoms with Crippen LogP contribution in [0.5, 0.6) is 5.75 Å². The molecule has 0 aliphatic carbocycles. The summed E-state index contributed by atoms with van der Waals surface area (Å²) in [6.45, 7) is 6.91. The molecule has 21 heavy (non-hydrogen) atoms. The van der Waals surface area contributed by atoms with Crippen LogP contribution in [0.2, 0.25) is 0 Å². The van der Waals surface area contributed by atoms with E-state index in [-0.39, 0.29) is 11.9 Å². The third-order valence-electron chi connectivity index (χ3n) is 3.89. The van der Waals surface area contributed by atoms with E-state index < -0.39 is 0 Å². The summed E-state index contributed by atoms with van der Waals surface area (Å²) < 4.78 is 19.8. The van der Waals surface area contributed by atoms with Gasteiger partial charge in [0.25, 0.3) is 0 Å². The third kappa shape index (κ3) is 3.08. The van der Waals surface area contributed by atoms with E-state index in [1.54, 1.807) is 19.2 Å². The van der Waals surface area contributed by atoms with Crippen LogP contribution in [-0.2, 0) is 0 Å². The van der Waals surface area contributed by atoms with E-state index in [1.807, 2.05) is 19.1 Å². The van der Waals surface area contributed by atoms with E-state index in [0.717, 1.165) is 12.1 Å². The Balaban J connectivity index is 2.62. The average molecular weight is 287 g/mol. The monoisotopic (exact) mass is 287 g/mol. The zero-order valence-electron chi connectivity index (χ0n) is 13.0. The van der Waals surface area contributed by atoms with E-state index in [0.29, 0.717) is 11.3 Å². The van der Waals surface area contributed by atoms with Gasteiger partial charge in [0, 0.05) is 0 Å². The molecular weight excluding hydrogens is 265 g/mol. The maximum absolute atomic E-state index is 14.4. The van der Waals surface area contributed by atoms with Crippen LogP contribution in [0, 0.1) is 19.7 Å². The van der Waals surface area contributed by atoms with Crippen LogP contribution >= 0.6 is 0 Å². The zero-order valence-corrected chi connectivity index (χ0v) is 13.0. The molecule has 3 heteroatoms. The molecule has 2 aromatic rings. The second-order valence-electron chi connectivity index (χ2n) is 5.14. The van der Waals surface area contributed by atoms with Gasteiger partial charge < -0.3 is 10.1 Å². The number of hydrogen-bond acceptors (Lipinski definition) is 2. The van der Waals surface area contributed by atoms with Crippen molar-refractivity contribution in [1.82, 2.24) is 5.32 Å². The van der Waals surface area contributed by atoms with E-state index >= 15 is 0 Å². The van der Waals surface area contributed by atoms with Crippen molar-refractivity contribution in [2.45, 2.75) is 26.8 Å². The lowest BCUT2D eigenvalue weighted by molar-refractivity contribution is 0.397. The fourth-order valence-electron chi connectivity index (χ4n) is 2.63. The highest BCUT2D eigenvalue weighted by Crippen LogP contribution is 2.34. The number of hydrogen-bond donors (Lipinski definition) is 1. The van der Waals surface area contributed by atoms with Crippen LogP contribution in [0.1, 0.15) is 35.2 Å². The molecule has 2 nitrogen and oxygen atoms in total. The minimum Gasteiger partial charge on any atom is -0.496 e. The molecule has 0 radical (unpaired) electrons. The van der Waals surface area contributed by atoms with Gasteiger partial charge in [-0.05, 0) is 49.2 Å². The van der Waals surface area contributed by atoms with E-state index in [4.69, 9.17) is 4.74 Å². The van der Waals surface area contributed by atoms with Crippen molar-refractivity contribution < 1.29 is 9.13 Å². The van der Waals surface area contributed by atoms with Crippen molar-refractivity contribution in [3.05, 3.63) is 64.5 Å². The standard InChI is InChI=1S/C18H22FNO/c1-5-20-18(14-9-6-8-12(2)13(14)3)17-15(19)10-7-11-16(17)21-4/h6-11,18,20H,5H2,1-4H3. The van der Waals surface area contributed by atoms with Crippen molar-refractivity contribution in [3.8, 4) is 5.75 Å². The van der Waals surface area contributed by atoms with Gasteiger partial charge >= 0.3 is 0 Å². The summed E-state index contributed by atoms with van der Waals surface area (Å²) in [7, 11) is 1.57. The van der Waals surface area contributed by atoms with Crippen LogP contribution in [-0.4, -0.2) is 13.7 Å². The predicted octanol–water partition coefficient (Wildman–Crippen LogP) is 4.15. The normalized spacial score (nSPS) is 12.2. The summed E-state index contributed by atoms with van der Waals surface area (Å²) in [6.07, 6.45) is 0. The summed E-state index contributed by atoms with van der Waals surface area (Å²) in [5, 5.41) is 3.38. The van der Waals surface area contributed by atoms with Gasteiger partial charge in [-0.1, -0.05) is 31.2 Å². The van der Waals surface area contributed by atoms with E-state index in [2.05, 4.69) is 25.2 Å². The van der Waals surface area contributed by atoms with Crippen LogP contribution in [0.4, 0.5) is 4.39 Å². The Bertz CT molecular complexity index is 625. The molecule has 0 amide bonds. The number of halogens is 1. The highest BCUT2D eigenvalue weighted by molar-refractivity contribution is 5.46. The van der Waals surface area contributed by atoms with Crippen LogP contribution in [0.25, 0.3) is 0 Å². The van der Waals surface area contributed by atoms with Gasteiger partial charge in [-0.15, -0.1) is 0 Å².